The molecule has 0 N–H and O–H groups in total. The van der Waals surface area contributed by atoms with Crippen LogP contribution in [0.1, 0.15) is 0 Å². The lowest BCUT2D eigenvalue weighted by molar-refractivity contribution is 0.677. The maximum absolute atomic E-state index is 7.12. The summed E-state index contributed by atoms with van der Waals surface area (Å²) in [6.07, 6.45) is 0. The van der Waals surface area contributed by atoms with Crippen molar-refractivity contribution in [2.45, 2.75) is 0 Å². The molecule has 0 saturated carbocycles. The Kier molecular flexibility index (Phi) is 6.23. The summed E-state index contributed by atoms with van der Waals surface area (Å²) >= 11 is 0. The first-order chi connectivity index (χ1) is 28.3. The maximum atomic E-state index is 7.12. The molecule has 0 amide bonds. The summed E-state index contributed by atoms with van der Waals surface area (Å²) in [5.74, 6) is 0. The van der Waals surface area contributed by atoms with Gasteiger partial charge in [-0.1, -0.05) is 176 Å². The molecule has 0 aliphatic rings. The Hall–Kier alpha value is -7.48. The van der Waals surface area contributed by atoms with Gasteiger partial charge in [0, 0.05) is 21.5 Å². The number of furan rings is 1. The van der Waals surface area contributed by atoms with Crippen LogP contribution in [0, 0.1) is 0 Å². The van der Waals surface area contributed by atoms with E-state index < -0.39 is 0 Å². The van der Waals surface area contributed by atoms with Crippen molar-refractivity contribution in [3.8, 4) is 22.3 Å². The topological polar surface area (TPSA) is 13.1 Å². The second-order valence-corrected chi connectivity index (χ2v) is 15.5. The Balaban J connectivity index is 1.06. The molecule has 0 bridgehead atoms. The average molecular weight is 721 g/mol. The molecule has 1 nitrogen and oxygen atoms in total. The second-order valence-electron chi connectivity index (χ2n) is 15.5. The van der Waals surface area contributed by atoms with E-state index in [1.807, 2.05) is 0 Å². The van der Waals surface area contributed by atoms with Crippen molar-refractivity contribution >= 4 is 108 Å². The monoisotopic (exact) mass is 720 g/mol. The van der Waals surface area contributed by atoms with Crippen molar-refractivity contribution in [1.82, 2.24) is 0 Å². The molecule has 1 heteroatoms. The number of hydrogen-bond acceptors (Lipinski definition) is 1. The molecule has 12 aromatic carbocycles. The molecule has 0 aliphatic heterocycles. The highest BCUT2D eigenvalue weighted by Gasteiger charge is 2.20. The molecule has 1 heterocycles. The standard InChI is InChI=1S/C56H32O/c1-2-12-37-33(11-1)21-22-34-31-35(23-25-38(34)37)39-27-28-40(42-14-4-3-13-41(39)42)36-24-26-49-52(32-36)46-18-6-5-16-44(46)48-29-30-51-54-47-19-9-7-15-43(47)45-17-8-10-20-50(45)55(54)57-56(51)53(48)49/h1-32H. The summed E-state index contributed by atoms with van der Waals surface area (Å²) in [5.41, 5.74) is 6.81. The zero-order valence-electron chi connectivity index (χ0n) is 30.9. The van der Waals surface area contributed by atoms with Crippen molar-refractivity contribution in [3.05, 3.63) is 194 Å². The molecule has 0 fully saturated rings. The van der Waals surface area contributed by atoms with Gasteiger partial charge in [-0.3, -0.25) is 0 Å². The summed E-state index contributed by atoms with van der Waals surface area (Å²) < 4.78 is 7.12. The van der Waals surface area contributed by atoms with Crippen LogP contribution in [-0.2, 0) is 0 Å². The van der Waals surface area contributed by atoms with Crippen LogP contribution in [0.2, 0.25) is 0 Å². The smallest absolute Gasteiger partial charge is 0.143 e. The summed E-state index contributed by atoms with van der Waals surface area (Å²) in [7, 11) is 0. The Bertz CT molecular complexity index is 3860. The minimum absolute atomic E-state index is 0.950. The van der Waals surface area contributed by atoms with Crippen LogP contribution in [-0.4, -0.2) is 0 Å². The molecule has 0 saturated heterocycles. The third-order valence-electron chi connectivity index (χ3n) is 12.6. The molecule has 13 aromatic rings. The Labute approximate surface area is 327 Å². The van der Waals surface area contributed by atoms with Crippen molar-refractivity contribution in [1.29, 1.82) is 0 Å². The van der Waals surface area contributed by atoms with E-state index in [1.165, 1.54) is 108 Å². The lowest BCUT2D eigenvalue weighted by atomic mass is 9.88. The van der Waals surface area contributed by atoms with Crippen molar-refractivity contribution in [2.24, 2.45) is 0 Å². The van der Waals surface area contributed by atoms with E-state index in [0.717, 1.165) is 21.9 Å². The predicted octanol–water partition coefficient (Wildman–Crippen LogP) is 16.1. The first kappa shape index (κ1) is 30.8. The fourth-order valence-corrected chi connectivity index (χ4v) is 10.1. The van der Waals surface area contributed by atoms with E-state index in [1.54, 1.807) is 0 Å². The molecular formula is C56H32O. The average Bonchev–Trinajstić information content (AvgIpc) is 3.69. The number of hydrogen-bond donors (Lipinski definition) is 0. The molecule has 0 radical (unpaired) electrons. The van der Waals surface area contributed by atoms with Crippen molar-refractivity contribution < 1.29 is 4.42 Å². The van der Waals surface area contributed by atoms with Gasteiger partial charge in [-0.15, -0.1) is 0 Å². The molecule has 1 aromatic heterocycles. The summed E-state index contributed by atoms with van der Waals surface area (Å²) in [4.78, 5) is 0. The predicted molar refractivity (Wildman–Crippen MR) is 245 cm³/mol. The van der Waals surface area contributed by atoms with Gasteiger partial charge in [-0.05, 0) is 116 Å². The van der Waals surface area contributed by atoms with E-state index in [2.05, 4.69) is 194 Å². The van der Waals surface area contributed by atoms with Crippen LogP contribution in [0.3, 0.4) is 0 Å². The normalized spacial score (nSPS) is 12.2. The molecule has 13 rings (SSSR count). The number of fused-ring (bicyclic) bond motifs is 19. The minimum atomic E-state index is 0.950. The molecular weight excluding hydrogens is 689 g/mol. The van der Waals surface area contributed by atoms with Gasteiger partial charge in [0.2, 0.25) is 0 Å². The summed E-state index contributed by atoms with van der Waals surface area (Å²) in [6, 6.07) is 71.5. The van der Waals surface area contributed by atoms with Gasteiger partial charge in [0.05, 0.1) is 0 Å². The third kappa shape index (κ3) is 4.29. The highest BCUT2D eigenvalue weighted by molar-refractivity contribution is 6.37. The second kappa shape index (κ2) is 11.5. The molecule has 0 aliphatic carbocycles. The van der Waals surface area contributed by atoms with Gasteiger partial charge in [0.15, 0.2) is 0 Å². The van der Waals surface area contributed by atoms with E-state index in [9.17, 15) is 0 Å². The van der Waals surface area contributed by atoms with Gasteiger partial charge < -0.3 is 4.42 Å². The Morgan fingerprint density at radius 1 is 0.228 bits per heavy atom. The maximum Gasteiger partial charge on any atom is 0.143 e. The third-order valence-corrected chi connectivity index (χ3v) is 12.6. The van der Waals surface area contributed by atoms with Gasteiger partial charge >= 0.3 is 0 Å². The van der Waals surface area contributed by atoms with Crippen molar-refractivity contribution in [3.63, 3.8) is 0 Å². The van der Waals surface area contributed by atoms with Crippen LogP contribution in [0.15, 0.2) is 199 Å². The van der Waals surface area contributed by atoms with E-state index in [-0.39, 0.29) is 0 Å². The van der Waals surface area contributed by atoms with Crippen LogP contribution in [0.5, 0.6) is 0 Å². The molecule has 0 unspecified atom stereocenters. The van der Waals surface area contributed by atoms with Crippen LogP contribution in [0.25, 0.3) is 130 Å². The first-order valence-electron chi connectivity index (χ1n) is 19.8. The lowest BCUT2D eigenvalue weighted by Gasteiger charge is -2.15. The summed E-state index contributed by atoms with van der Waals surface area (Å²) in [6.45, 7) is 0. The highest BCUT2D eigenvalue weighted by Crippen LogP contribution is 2.47. The van der Waals surface area contributed by atoms with E-state index >= 15 is 0 Å². The fourth-order valence-electron chi connectivity index (χ4n) is 10.1. The number of rotatable bonds is 2. The van der Waals surface area contributed by atoms with E-state index in [0.29, 0.717) is 0 Å². The van der Waals surface area contributed by atoms with Gasteiger partial charge in [0.1, 0.15) is 11.2 Å². The first-order valence-corrected chi connectivity index (χ1v) is 19.8. The molecule has 262 valence electrons. The minimum Gasteiger partial charge on any atom is -0.455 e. The lowest BCUT2D eigenvalue weighted by Crippen LogP contribution is -1.88. The number of benzene rings is 12. The van der Waals surface area contributed by atoms with Crippen molar-refractivity contribution in [2.75, 3.05) is 0 Å². The summed E-state index contributed by atoms with van der Waals surface area (Å²) in [5, 5.41) is 22.1. The van der Waals surface area contributed by atoms with Crippen LogP contribution < -0.4 is 0 Å². The van der Waals surface area contributed by atoms with Gasteiger partial charge in [0.25, 0.3) is 0 Å². The zero-order chi connectivity index (χ0) is 37.2. The Morgan fingerprint density at radius 2 is 0.632 bits per heavy atom. The quantitative estimate of drug-likeness (QED) is 0.162. The fraction of sp³-hybridized carbons (Fsp3) is 0. The highest BCUT2D eigenvalue weighted by atomic mass is 16.3. The van der Waals surface area contributed by atoms with Gasteiger partial charge in [-0.25, -0.2) is 0 Å². The zero-order valence-corrected chi connectivity index (χ0v) is 30.9. The SMILES string of the molecule is c1ccc2c(c1)ccc1cc(-c3ccc(-c4ccc5c(c4)c4ccccc4c4ccc6c(oc7c8ccccc8c8ccccc8c67)c45)c4ccccc34)ccc12. The molecule has 57 heavy (non-hydrogen) atoms. The van der Waals surface area contributed by atoms with Crippen LogP contribution in [0.4, 0.5) is 0 Å². The van der Waals surface area contributed by atoms with E-state index in [4.69, 9.17) is 4.42 Å². The largest absolute Gasteiger partial charge is 0.455 e. The Morgan fingerprint density at radius 3 is 1.33 bits per heavy atom. The van der Waals surface area contributed by atoms with Crippen LogP contribution >= 0.6 is 0 Å². The molecule has 0 atom stereocenters. The van der Waals surface area contributed by atoms with Gasteiger partial charge in [-0.2, -0.15) is 0 Å². The molecule has 0 spiro atoms.